The molecule has 0 spiro atoms. The molecule has 2 rings (SSSR count). The van der Waals surface area contributed by atoms with Crippen LogP contribution in [0.3, 0.4) is 0 Å². The summed E-state index contributed by atoms with van der Waals surface area (Å²) in [7, 11) is 1.58. The van der Waals surface area contributed by atoms with Crippen molar-refractivity contribution in [3.05, 3.63) is 40.7 Å². The number of aromatic nitrogens is 2. The molecule has 106 valence electrons. The number of nitrogen functional groups attached to an aromatic ring is 1. The number of aryl methyl sites for hydroxylation is 1. The van der Waals surface area contributed by atoms with Gasteiger partial charge in [-0.1, -0.05) is 17.7 Å². The third-order valence-electron chi connectivity index (χ3n) is 2.58. The number of hydrazine groups is 1. The first-order valence-electron chi connectivity index (χ1n) is 5.99. The van der Waals surface area contributed by atoms with Crippen LogP contribution in [-0.4, -0.2) is 17.1 Å². The minimum Gasteiger partial charge on any atom is -0.377 e. The number of benzene rings is 1. The van der Waals surface area contributed by atoms with Crippen molar-refractivity contribution in [3.8, 4) is 0 Å². The Hall–Kier alpha value is -1.89. The van der Waals surface area contributed by atoms with Gasteiger partial charge >= 0.3 is 0 Å². The number of nitrogens with one attached hydrogen (secondary N) is 2. The molecule has 0 radical (unpaired) electrons. The summed E-state index contributed by atoms with van der Waals surface area (Å²) in [5, 5.41) is 3.77. The molecule has 0 fully saturated rings. The van der Waals surface area contributed by atoms with E-state index in [9.17, 15) is 0 Å². The van der Waals surface area contributed by atoms with Crippen LogP contribution >= 0.6 is 11.6 Å². The number of nitrogens with two attached hydrogens (primary N) is 1. The van der Waals surface area contributed by atoms with Crippen LogP contribution in [0.1, 0.15) is 11.4 Å². The van der Waals surface area contributed by atoms with E-state index >= 15 is 0 Å². The third-order valence-corrected chi connectivity index (χ3v) is 2.91. The Balaban J connectivity index is 2.32. The predicted octanol–water partition coefficient (Wildman–Crippen LogP) is 2.61. The normalized spacial score (nSPS) is 10.4. The van der Waals surface area contributed by atoms with Gasteiger partial charge in [-0.3, -0.25) is 0 Å². The Morgan fingerprint density at radius 2 is 2.00 bits per heavy atom. The zero-order valence-electron chi connectivity index (χ0n) is 11.3. The van der Waals surface area contributed by atoms with Gasteiger partial charge in [0.05, 0.1) is 10.7 Å². The minimum absolute atomic E-state index is 0.297. The van der Waals surface area contributed by atoms with Gasteiger partial charge in [0.2, 0.25) is 0 Å². The molecule has 7 heteroatoms. The maximum atomic E-state index is 6.15. The van der Waals surface area contributed by atoms with Crippen LogP contribution in [0.15, 0.2) is 24.3 Å². The van der Waals surface area contributed by atoms with Crippen LogP contribution in [0, 0.1) is 6.92 Å². The molecule has 1 heterocycles. The first-order chi connectivity index (χ1) is 9.62. The van der Waals surface area contributed by atoms with E-state index in [1.165, 1.54) is 0 Å². The number of halogens is 1. The quantitative estimate of drug-likeness (QED) is 0.580. The summed E-state index contributed by atoms with van der Waals surface area (Å²) in [4.78, 5) is 8.51. The molecule has 0 unspecified atom stereocenters. The number of ether oxygens (including phenoxy) is 1. The lowest BCUT2D eigenvalue weighted by atomic mass is 10.2. The van der Waals surface area contributed by atoms with Gasteiger partial charge < -0.3 is 15.5 Å². The van der Waals surface area contributed by atoms with Gasteiger partial charge in [-0.15, -0.1) is 0 Å². The maximum Gasteiger partial charge on any atom is 0.158 e. The Labute approximate surface area is 122 Å². The highest BCUT2D eigenvalue weighted by molar-refractivity contribution is 6.33. The first kappa shape index (κ1) is 14.5. The SMILES string of the molecule is COCc1nc(NN)cc(Nc2cc(C)ccc2Cl)n1. The van der Waals surface area contributed by atoms with Crippen molar-refractivity contribution in [2.24, 2.45) is 5.84 Å². The highest BCUT2D eigenvalue weighted by atomic mass is 35.5. The van der Waals surface area contributed by atoms with Crippen LogP contribution in [-0.2, 0) is 11.3 Å². The van der Waals surface area contributed by atoms with Crippen molar-refractivity contribution in [2.75, 3.05) is 17.9 Å². The standard InChI is InChI=1S/C13H16ClN5O/c1-8-3-4-9(14)10(5-8)16-11-6-12(19-15)18-13(17-11)7-20-2/h3-6H,7,15H2,1-2H3,(H2,16,17,18,19). The van der Waals surface area contributed by atoms with Gasteiger partial charge in [-0.25, -0.2) is 15.8 Å². The van der Waals surface area contributed by atoms with Gasteiger partial charge in [-0.2, -0.15) is 0 Å². The topological polar surface area (TPSA) is 85.1 Å². The van der Waals surface area contributed by atoms with Crippen LogP contribution in [0.5, 0.6) is 0 Å². The monoisotopic (exact) mass is 293 g/mol. The van der Waals surface area contributed by atoms with Gasteiger partial charge in [0.1, 0.15) is 18.2 Å². The van der Waals surface area contributed by atoms with E-state index in [0.29, 0.717) is 29.1 Å². The van der Waals surface area contributed by atoms with Crippen LogP contribution in [0.4, 0.5) is 17.3 Å². The van der Waals surface area contributed by atoms with Crippen molar-refractivity contribution >= 4 is 28.9 Å². The summed E-state index contributed by atoms with van der Waals surface area (Å²) in [5.74, 6) is 7.01. The highest BCUT2D eigenvalue weighted by Crippen LogP contribution is 2.26. The summed E-state index contributed by atoms with van der Waals surface area (Å²) in [6.07, 6.45) is 0. The number of nitrogens with zero attached hydrogens (tertiary/aromatic N) is 2. The van der Waals surface area contributed by atoms with Crippen LogP contribution in [0.25, 0.3) is 0 Å². The van der Waals surface area contributed by atoms with Crippen molar-refractivity contribution in [1.82, 2.24) is 9.97 Å². The molecular weight excluding hydrogens is 278 g/mol. The lowest BCUT2D eigenvalue weighted by molar-refractivity contribution is 0.178. The van der Waals surface area contributed by atoms with Crippen molar-refractivity contribution in [1.29, 1.82) is 0 Å². The molecule has 0 atom stereocenters. The first-order valence-corrected chi connectivity index (χ1v) is 6.37. The average molecular weight is 294 g/mol. The zero-order chi connectivity index (χ0) is 14.5. The van der Waals surface area contributed by atoms with E-state index in [0.717, 1.165) is 11.3 Å². The molecule has 0 aliphatic heterocycles. The van der Waals surface area contributed by atoms with Crippen molar-refractivity contribution < 1.29 is 4.74 Å². The largest absolute Gasteiger partial charge is 0.377 e. The molecule has 1 aromatic carbocycles. The fourth-order valence-corrected chi connectivity index (χ4v) is 1.87. The number of anilines is 3. The molecule has 1 aromatic heterocycles. The van der Waals surface area contributed by atoms with E-state index in [-0.39, 0.29) is 0 Å². The molecule has 0 saturated carbocycles. The Morgan fingerprint density at radius 1 is 1.25 bits per heavy atom. The highest BCUT2D eigenvalue weighted by Gasteiger charge is 2.06. The lowest BCUT2D eigenvalue weighted by Crippen LogP contribution is -2.12. The van der Waals surface area contributed by atoms with Crippen molar-refractivity contribution in [2.45, 2.75) is 13.5 Å². The summed E-state index contributed by atoms with van der Waals surface area (Å²) in [6.45, 7) is 2.29. The van der Waals surface area contributed by atoms with E-state index in [1.807, 2.05) is 25.1 Å². The van der Waals surface area contributed by atoms with Gasteiger partial charge in [0.15, 0.2) is 5.82 Å². The molecular formula is C13H16ClN5O. The van der Waals surface area contributed by atoms with E-state index < -0.39 is 0 Å². The van der Waals surface area contributed by atoms with Gasteiger partial charge in [0, 0.05) is 13.2 Å². The molecule has 0 aliphatic carbocycles. The molecule has 0 amide bonds. The second-order valence-electron chi connectivity index (χ2n) is 4.24. The fraction of sp³-hybridized carbons (Fsp3) is 0.231. The molecule has 20 heavy (non-hydrogen) atoms. The number of hydrogen-bond acceptors (Lipinski definition) is 6. The summed E-state index contributed by atoms with van der Waals surface area (Å²) in [6, 6.07) is 7.41. The van der Waals surface area contributed by atoms with Crippen LogP contribution < -0.4 is 16.6 Å². The second-order valence-corrected chi connectivity index (χ2v) is 4.65. The second kappa shape index (κ2) is 6.51. The Bertz CT molecular complexity index is 605. The van der Waals surface area contributed by atoms with Gasteiger partial charge in [0.25, 0.3) is 0 Å². The molecule has 0 aliphatic rings. The third kappa shape index (κ3) is 3.57. The maximum absolute atomic E-state index is 6.15. The lowest BCUT2D eigenvalue weighted by Gasteiger charge is -2.11. The number of hydrogen-bond donors (Lipinski definition) is 3. The van der Waals surface area contributed by atoms with E-state index in [4.69, 9.17) is 22.2 Å². The molecule has 6 nitrogen and oxygen atoms in total. The molecule has 0 bridgehead atoms. The fourth-order valence-electron chi connectivity index (χ4n) is 1.70. The molecule has 2 aromatic rings. The Kier molecular flexibility index (Phi) is 4.73. The Morgan fingerprint density at radius 3 is 2.70 bits per heavy atom. The summed E-state index contributed by atoms with van der Waals surface area (Å²) >= 11 is 6.15. The van der Waals surface area contributed by atoms with Crippen LogP contribution in [0.2, 0.25) is 5.02 Å². The van der Waals surface area contributed by atoms with E-state index in [1.54, 1.807) is 13.2 Å². The average Bonchev–Trinajstić information content (AvgIpc) is 2.43. The molecule has 0 saturated heterocycles. The zero-order valence-corrected chi connectivity index (χ0v) is 12.0. The number of methoxy groups -OCH3 is 1. The molecule has 4 N–H and O–H groups in total. The number of rotatable bonds is 5. The van der Waals surface area contributed by atoms with E-state index in [2.05, 4.69) is 20.7 Å². The summed E-state index contributed by atoms with van der Waals surface area (Å²) < 4.78 is 5.03. The minimum atomic E-state index is 0.297. The summed E-state index contributed by atoms with van der Waals surface area (Å²) in [5.41, 5.74) is 4.37. The van der Waals surface area contributed by atoms with Gasteiger partial charge in [-0.05, 0) is 24.6 Å². The smallest absolute Gasteiger partial charge is 0.158 e. The van der Waals surface area contributed by atoms with Crippen molar-refractivity contribution in [3.63, 3.8) is 0 Å². The predicted molar refractivity (Wildman–Crippen MR) is 80.0 cm³/mol.